The summed E-state index contributed by atoms with van der Waals surface area (Å²) in [4.78, 5) is 2.28. The standard InChI is InChI=1S/C44H27N3O/c45-28-30-24-31(29-46)26-37(25-30)36-18-23-42-40(27-36)44-41(12-7-13-43(44)48-42)47(38-19-14-34(15-20-38)32-8-3-1-4-9-32)39-21-16-35(17-22-39)33-10-5-2-6-11-33/h1-27H. The fraction of sp³-hybridized carbons (Fsp3) is 0. The second-order valence-electron chi connectivity index (χ2n) is 11.6. The predicted octanol–water partition coefficient (Wildman–Crippen LogP) is 11.8. The second kappa shape index (κ2) is 12.1. The Kier molecular flexibility index (Phi) is 7.23. The van der Waals surface area contributed by atoms with E-state index >= 15 is 0 Å². The second-order valence-corrected chi connectivity index (χ2v) is 11.6. The van der Waals surface area contributed by atoms with E-state index < -0.39 is 0 Å². The van der Waals surface area contributed by atoms with Gasteiger partial charge in [0.2, 0.25) is 0 Å². The van der Waals surface area contributed by atoms with Crippen LogP contribution >= 0.6 is 0 Å². The Hall–Kier alpha value is -6.88. The molecule has 0 bridgehead atoms. The van der Waals surface area contributed by atoms with Crippen molar-refractivity contribution in [1.82, 2.24) is 0 Å². The van der Waals surface area contributed by atoms with Crippen LogP contribution in [0.15, 0.2) is 168 Å². The molecule has 0 unspecified atom stereocenters. The zero-order valence-corrected chi connectivity index (χ0v) is 25.8. The third-order valence-electron chi connectivity index (χ3n) is 8.70. The highest BCUT2D eigenvalue weighted by Gasteiger charge is 2.20. The highest BCUT2D eigenvalue weighted by Crippen LogP contribution is 2.44. The van der Waals surface area contributed by atoms with Gasteiger partial charge < -0.3 is 9.32 Å². The molecule has 0 radical (unpaired) electrons. The summed E-state index contributed by atoms with van der Waals surface area (Å²) in [5, 5.41) is 21.1. The lowest BCUT2D eigenvalue weighted by Crippen LogP contribution is -2.10. The number of benzene rings is 7. The summed E-state index contributed by atoms with van der Waals surface area (Å²) >= 11 is 0. The molecular weight excluding hydrogens is 587 g/mol. The van der Waals surface area contributed by atoms with Crippen molar-refractivity contribution in [2.24, 2.45) is 0 Å². The summed E-state index contributed by atoms with van der Waals surface area (Å²) in [5.74, 6) is 0. The van der Waals surface area contributed by atoms with E-state index in [0.29, 0.717) is 11.1 Å². The Morgan fingerprint density at radius 1 is 0.417 bits per heavy atom. The largest absolute Gasteiger partial charge is 0.456 e. The van der Waals surface area contributed by atoms with Crippen LogP contribution < -0.4 is 4.90 Å². The third kappa shape index (κ3) is 5.24. The minimum Gasteiger partial charge on any atom is -0.456 e. The molecule has 224 valence electrons. The van der Waals surface area contributed by atoms with E-state index in [1.807, 2.05) is 48.5 Å². The molecule has 4 nitrogen and oxygen atoms in total. The lowest BCUT2D eigenvalue weighted by Gasteiger charge is -2.26. The number of furan rings is 1. The monoisotopic (exact) mass is 613 g/mol. The van der Waals surface area contributed by atoms with Crippen molar-refractivity contribution in [2.45, 2.75) is 0 Å². The van der Waals surface area contributed by atoms with Crippen LogP contribution in [-0.2, 0) is 0 Å². The molecule has 48 heavy (non-hydrogen) atoms. The summed E-state index contributed by atoms with van der Waals surface area (Å²) in [6.07, 6.45) is 0. The van der Waals surface area contributed by atoms with Crippen LogP contribution in [0.2, 0.25) is 0 Å². The van der Waals surface area contributed by atoms with Gasteiger partial charge in [0.25, 0.3) is 0 Å². The SMILES string of the molecule is N#Cc1cc(C#N)cc(-c2ccc3oc4cccc(N(c5ccc(-c6ccccc6)cc5)c5ccc(-c6ccccc6)cc5)c4c3c2)c1. The smallest absolute Gasteiger partial charge is 0.137 e. The van der Waals surface area contributed by atoms with Crippen LogP contribution in [0.3, 0.4) is 0 Å². The van der Waals surface area contributed by atoms with Gasteiger partial charge in [-0.1, -0.05) is 97.1 Å². The van der Waals surface area contributed by atoms with Crippen LogP contribution in [0.5, 0.6) is 0 Å². The normalized spacial score (nSPS) is 10.9. The van der Waals surface area contributed by atoms with Gasteiger partial charge in [0.15, 0.2) is 0 Å². The van der Waals surface area contributed by atoms with Crippen molar-refractivity contribution in [3.8, 4) is 45.5 Å². The topological polar surface area (TPSA) is 64.0 Å². The van der Waals surface area contributed by atoms with E-state index in [0.717, 1.165) is 61.3 Å². The maximum absolute atomic E-state index is 9.61. The van der Waals surface area contributed by atoms with Crippen LogP contribution in [0, 0.1) is 22.7 Å². The lowest BCUT2D eigenvalue weighted by molar-refractivity contribution is 0.669. The van der Waals surface area contributed by atoms with E-state index in [1.54, 1.807) is 6.07 Å². The first kappa shape index (κ1) is 28.6. The highest BCUT2D eigenvalue weighted by atomic mass is 16.3. The van der Waals surface area contributed by atoms with E-state index in [2.05, 4.69) is 126 Å². The van der Waals surface area contributed by atoms with Gasteiger partial charge in [-0.3, -0.25) is 0 Å². The Labute approximate surface area is 278 Å². The molecule has 0 spiro atoms. The number of nitriles is 2. The Bertz CT molecular complexity index is 2390. The van der Waals surface area contributed by atoms with E-state index in [9.17, 15) is 10.5 Å². The minimum atomic E-state index is 0.450. The Balaban J connectivity index is 1.31. The molecular formula is C44H27N3O. The van der Waals surface area contributed by atoms with Crippen LogP contribution in [0.25, 0.3) is 55.3 Å². The van der Waals surface area contributed by atoms with Crippen molar-refractivity contribution >= 4 is 39.0 Å². The molecule has 8 aromatic rings. The molecule has 4 heteroatoms. The first-order valence-electron chi connectivity index (χ1n) is 15.7. The van der Waals surface area contributed by atoms with E-state index in [4.69, 9.17) is 4.42 Å². The maximum atomic E-state index is 9.61. The lowest BCUT2D eigenvalue weighted by atomic mass is 9.98. The molecule has 0 amide bonds. The number of nitrogens with zero attached hydrogens (tertiary/aromatic N) is 3. The van der Waals surface area contributed by atoms with Crippen molar-refractivity contribution in [1.29, 1.82) is 10.5 Å². The highest BCUT2D eigenvalue weighted by molar-refractivity contribution is 6.14. The predicted molar refractivity (Wildman–Crippen MR) is 194 cm³/mol. The molecule has 0 fully saturated rings. The molecule has 0 atom stereocenters. The van der Waals surface area contributed by atoms with Crippen molar-refractivity contribution in [3.05, 3.63) is 175 Å². The van der Waals surface area contributed by atoms with Gasteiger partial charge in [-0.2, -0.15) is 10.5 Å². The van der Waals surface area contributed by atoms with E-state index in [-0.39, 0.29) is 0 Å². The molecule has 0 aliphatic carbocycles. The number of hydrogen-bond acceptors (Lipinski definition) is 4. The van der Waals surface area contributed by atoms with Gasteiger partial charge in [0.1, 0.15) is 11.2 Å². The summed E-state index contributed by atoms with van der Waals surface area (Å²) in [6, 6.07) is 59.9. The zero-order chi connectivity index (χ0) is 32.5. The van der Waals surface area contributed by atoms with Crippen molar-refractivity contribution < 1.29 is 4.42 Å². The first-order chi connectivity index (χ1) is 23.7. The number of fused-ring (bicyclic) bond motifs is 3. The minimum absolute atomic E-state index is 0.450. The molecule has 7 aromatic carbocycles. The van der Waals surface area contributed by atoms with Gasteiger partial charge in [-0.05, 0) is 100 Å². The average molecular weight is 614 g/mol. The quantitative estimate of drug-likeness (QED) is 0.187. The van der Waals surface area contributed by atoms with Crippen LogP contribution in [0.4, 0.5) is 17.1 Å². The molecule has 0 aliphatic rings. The molecule has 1 aromatic heterocycles. The van der Waals surface area contributed by atoms with Crippen LogP contribution in [0.1, 0.15) is 11.1 Å². The van der Waals surface area contributed by atoms with E-state index in [1.165, 1.54) is 11.1 Å². The van der Waals surface area contributed by atoms with Gasteiger partial charge in [0.05, 0.1) is 34.3 Å². The molecule has 0 N–H and O–H groups in total. The van der Waals surface area contributed by atoms with Crippen molar-refractivity contribution in [3.63, 3.8) is 0 Å². The number of anilines is 3. The Morgan fingerprint density at radius 2 is 0.938 bits per heavy atom. The maximum Gasteiger partial charge on any atom is 0.137 e. The fourth-order valence-corrected chi connectivity index (χ4v) is 6.39. The van der Waals surface area contributed by atoms with Crippen molar-refractivity contribution in [2.75, 3.05) is 4.90 Å². The molecule has 1 heterocycles. The summed E-state index contributed by atoms with van der Waals surface area (Å²) in [6.45, 7) is 0. The average Bonchev–Trinajstić information content (AvgIpc) is 3.55. The number of rotatable bonds is 6. The number of hydrogen-bond donors (Lipinski definition) is 0. The third-order valence-corrected chi connectivity index (χ3v) is 8.70. The summed E-state index contributed by atoms with van der Waals surface area (Å²) < 4.78 is 6.42. The molecule has 0 saturated heterocycles. The first-order valence-corrected chi connectivity index (χ1v) is 15.7. The summed E-state index contributed by atoms with van der Waals surface area (Å²) in [7, 11) is 0. The molecule has 0 aliphatic heterocycles. The zero-order valence-electron chi connectivity index (χ0n) is 25.8. The Morgan fingerprint density at radius 3 is 1.48 bits per heavy atom. The van der Waals surface area contributed by atoms with Gasteiger partial charge in [0, 0.05) is 16.8 Å². The van der Waals surface area contributed by atoms with Crippen LogP contribution in [-0.4, -0.2) is 0 Å². The van der Waals surface area contributed by atoms with Gasteiger partial charge in [-0.25, -0.2) is 0 Å². The summed E-state index contributed by atoms with van der Waals surface area (Å²) in [5.41, 5.74) is 11.8. The molecule has 0 saturated carbocycles. The van der Waals surface area contributed by atoms with Gasteiger partial charge in [-0.15, -0.1) is 0 Å². The van der Waals surface area contributed by atoms with Gasteiger partial charge >= 0.3 is 0 Å². The molecule has 8 rings (SSSR count). The fourth-order valence-electron chi connectivity index (χ4n) is 6.39.